The molecule has 0 unspecified atom stereocenters. The van der Waals surface area contributed by atoms with Gasteiger partial charge in [-0.05, 0) is 18.6 Å². The number of benzene rings is 1. The van der Waals surface area contributed by atoms with E-state index in [0.29, 0.717) is 5.69 Å². The van der Waals surface area contributed by atoms with Gasteiger partial charge >= 0.3 is 7.82 Å². The Morgan fingerprint density at radius 2 is 2.08 bits per heavy atom. The Hall–Kier alpha value is -1.03. The highest BCUT2D eigenvalue weighted by Crippen LogP contribution is 2.38. The lowest BCUT2D eigenvalue weighted by Crippen LogP contribution is -1.93. The highest BCUT2D eigenvalue weighted by molar-refractivity contribution is 7.46. The van der Waals surface area contributed by atoms with Gasteiger partial charge in [0.1, 0.15) is 5.75 Å². The number of nitrogen functional groups attached to an aromatic ring is 1. The summed E-state index contributed by atoms with van der Waals surface area (Å²) >= 11 is 0. The second kappa shape index (κ2) is 3.38. The Bertz CT molecular complexity index is 360. The predicted molar refractivity (Wildman–Crippen MR) is 48.3 cm³/mol. The first kappa shape index (κ1) is 10.1. The maximum atomic E-state index is 10.4. The molecule has 0 aromatic heterocycles. The molecule has 0 radical (unpaired) electrons. The van der Waals surface area contributed by atoms with Crippen molar-refractivity contribution in [1.82, 2.24) is 0 Å². The summed E-state index contributed by atoms with van der Waals surface area (Å²) in [5.41, 5.74) is 6.77. The maximum absolute atomic E-state index is 10.4. The van der Waals surface area contributed by atoms with Gasteiger partial charge in [0.25, 0.3) is 0 Å². The molecule has 0 heterocycles. The van der Waals surface area contributed by atoms with Gasteiger partial charge in [0.2, 0.25) is 0 Å². The Morgan fingerprint density at radius 1 is 1.46 bits per heavy atom. The van der Waals surface area contributed by atoms with E-state index in [2.05, 4.69) is 4.52 Å². The second-order valence-corrected chi connectivity index (χ2v) is 3.76. The summed E-state index contributed by atoms with van der Waals surface area (Å²) in [6.07, 6.45) is 0. The third-order valence-electron chi connectivity index (χ3n) is 1.48. The quantitative estimate of drug-likeness (QED) is 0.493. The highest BCUT2D eigenvalue weighted by atomic mass is 31.2. The van der Waals surface area contributed by atoms with Crippen molar-refractivity contribution >= 4 is 13.5 Å². The van der Waals surface area contributed by atoms with Crippen LogP contribution in [0, 0.1) is 6.92 Å². The number of phosphoric ester groups is 1. The van der Waals surface area contributed by atoms with Crippen LogP contribution in [0.5, 0.6) is 5.75 Å². The summed E-state index contributed by atoms with van der Waals surface area (Å²) in [4.78, 5) is 17.0. The van der Waals surface area contributed by atoms with E-state index >= 15 is 0 Å². The number of hydrogen-bond donors (Lipinski definition) is 3. The maximum Gasteiger partial charge on any atom is 0.524 e. The molecule has 0 aliphatic carbocycles. The van der Waals surface area contributed by atoms with E-state index in [1.54, 1.807) is 13.0 Å². The van der Waals surface area contributed by atoms with Gasteiger partial charge in [-0.15, -0.1) is 0 Å². The normalized spacial score (nSPS) is 11.3. The van der Waals surface area contributed by atoms with Crippen LogP contribution in [0.25, 0.3) is 0 Å². The fourth-order valence-corrected chi connectivity index (χ4v) is 1.20. The van der Waals surface area contributed by atoms with Crippen molar-refractivity contribution in [3.05, 3.63) is 23.8 Å². The minimum absolute atomic E-state index is 0.0661. The topological polar surface area (TPSA) is 92.8 Å². The molecule has 0 spiro atoms. The minimum Gasteiger partial charge on any atom is -0.404 e. The molecule has 0 saturated carbocycles. The number of hydrogen-bond acceptors (Lipinski definition) is 3. The highest BCUT2D eigenvalue weighted by Gasteiger charge is 2.15. The lowest BCUT2D eigenvalue weighted by Gasteiger charge is -2.07. The van der Waals surface area contributed by atoms with Gasteiger partial charge in [-0.1, -0.05) is 6.07 Å². The first-order valence-corrected chi connectivity index (χ1v) is 5.03. The van der Waals surface area contributed by atoms with Gasteiger partial charge in [-0.2, -0.15) is 0 Å². The molecule has 1 rings (SSSR count). The molecule has 1 aromatic rings. The second-order valence-electron chi connectivity index (χ2n) is 2.60. The van der Waals surface area contributed by atoms with Crippen LogP contribution in [0.3, 0.4) is 0 Å². The zero-order valence-corrected chi connectivity index (χ0v) is 7.86. The Kier molecular flexibility index (Phi) is 2.61. The lowest BCUT2D eigenvalue weighted by molar-refractivity contribution is 0.283. The van der Waals surface area contributed by atoms with Crippen LogP contribution >= 0.6 is 7.82 Å². The summed E-state index contributed by atoms with van der Waals surface area (Å²) in [7, 11) is -4.48. The molecule has 4 N–H and O–H groups in total. The van der Waals surface area contributed by atoms with Gasteiger partial charge in [-0.3, -0.25) is 9.79 Å². The third-order valence-corrected chi connectivity index (χ3v) is 1.92. The molecule has 72 valence electrons. The summed E-state index contributed by atoms with van der Waals surface area (Å²) in [6, 6.07) is 4.44. The molecule has 0 saturated heterocycles. The monoisotopic (exact) mass is 203 g/mol. The van der Waals surface area contributed by atoms with E-state index in [-0.39, 0.29) is 5.75 Å². The standard InChI is InChI=1S/C7H10NO4P/c1-5-2-3-6(4-7(5)8)12-13(9,10)11/h2-4H,8H2,1H3,(H2,9,10,11). The Labute approximate surface area is 75.4 Å². The molecule has 0 aliphatic heterocycles. The van der Waals surface area contributed by atoms with E-state index in [0.717, 1.165) is 5.56 Å². The summed E-state index contributed by atoms with van der Waals surface area (Å²) < 4.78 is 14.8. The average molecular weight is 203 g/mol. The Morgan fingerprint density at radius 3 is 2.54 bits per heavy atom. The third kappa shape index (κ3) is 3.06. The van der Waals surface area contributed by atoms with E-state index in [9.17, 15) is 4.57 Å². The fraction of sp³-hybridized carbons (Fsp3) is 0.143. The van der Waals surface area contributed by atoms with E-state index < -0.39 is 7.82 Å². The van der Waals surface area contributed by atoms with Crippen molar-refractivity contribution in [2.24, 2.45) is 0 Å². The number of nitrogens with two attached hydrogens (primary N) is 1. The minimum atomic E-state index is -4.48. The fourth-order valence-electron chi connectivity index (χ4n) is 0.813. The van der Waals surface area contributed by atoms with Crippen LogP contribution in [0.4, 0.5) is 5.69 Å². The molecule has 0 bridgehead atoms. The predicted octanol–water partition coefficient (Wildman–Crippen LogP) is 1.05. The van der Waals surface area contributed by atoms with Crippen molar-refractivity contribution < 1.29 is 18.9 Å². The Balaban J connectivity index is 2.92. The van der Waals surface area contributed by atoms with Crippen LogP contribution in [0.2, 0.25) is 0 Å². The van der Waals surface area contributed by atoms with Gasteiger partial charge in [0, 0.05) is 11.8 Å². The SMILES string of the molecule is Cc1ccc(OP(=O)(O)O)cc1N. The van der Waals surface area contributed by atoms with Crippen LogP contribution in [-0.2, 0) is 4.57 Å². The van der Waals surface area contributed by atoms with Crippen molar-refractivity contribution in [1.29, 1.82) is 0 Å². The van der Waals surface area contributed by atoms with Crippen LogP contribution in [-0.4, -0.2) is 9.79 Å². The molecule has 0 aliphatic rings. The first-order valence-electron chi connectivity index (χ1n) is 3.50. The molecule has 0 amide bonds. The van der Waals surface area contributed by atoms with Crippen molar-refractivity contribution in [3.63, 3.8) is 0 Å². The van der Waals surface area contributed by atoms with E-state index in [4.69, 9.17) is 15.5 Å². The van der Waals surface area contributed by atoms with Crippen molar-refractivity contribution in [2.75, 3.05) is 5.73 Å². The van der Waals surface area contributed by atoms with Gasteiger partial charge in [0.15, 0.2) is 0 Å². The van der Waals surface area contributed by atoms with Gasteiger partial charge in [-0.25, -0.2) is 4.57 Å². The smallest absolute Gasteiger partial charge is 0.404 e. The number of anilines is 1. The lowest BCUT2D eigenvalue weighted by atomic mass is 10.2. The van der Waals surface area contributed by atoms with Gasteiger partial charge in [0.05, 0.1) is 0 Å². The molecule has 13 heavy (non-hydrogen) atoms. The zero-order chi connectivity index (χ0) is 10.1. The molecule has 1 aromatic carbocycles. The molecular formula is C7H10NO4P. The summed E-state index contributed by atoms with van der Waals surface area (Å²) in [5.74, 6) is 0.0661. The molecule has 5 nitrogen and oxygen atoms in total. The zero-order valence-electron chi connectivity index (χ0n) is 6.97. The van der Waals surface area contributed by atoms with Crippen LogP contribution in [0.1, 0.15) is 5.56 Å². The van der Waals surface area contributed by atoms with Crippen LogP contribution in [0.15, 0.2) is 18.2 Å². The number of rotatable bonds is 2. The number of phosphoric acid groups is 1. The first-order chi connectivity index (χ1) is 5.88. The van der Waals surface area contributed by atoms with Gasteiger partial charge < -0.3 is 10.3 Å². The average Bonchev–Trinajstić information content (AvgIpc) is 1.94. The largest absolute Gasteiger partial charge is 0.524 e. The molecular weight excluding hydrogens is 193 g/mol. The summed E-state index contributed by atoms with van der Waals surface area (Å²) in [6.45, 7) is 1.79. The molecule has 0 atom stereocenters. The van der Waals surface area contributed by atoms with Crippen molar-refractivity contribution in [2.45, 2.75) is 6.92 Å². The van der Waals surface area contributed by atoms with Crippen molar-refractivity contribution in [3.8, 4) is 5.75 Å². The van der Waals surface area contributed by atoms with E-state index in [1.807, 2.05) is 0 Å². The van der Waals surface area contributed by atoms with Crippen LogP contribution < -0.4 is 10.3 Å². The summed E-state index contributed by atoms with van der Waals surface area (Å²) in [5, 5.41) is 0. The van der Waals surface area contributed by atoms with E-state index in [1.165, 1.54) is 12.1 Å². The molecule has 0 fully saturated rings. The molecule has 6 heteroatoms. The number of aryl methyl sites for hydroxylation is 1.